The quantitative estimate of drug-likeness (QED) is 0.787. The molecule has 1 aromatic rings. The number of nitrogens with one attached hydrogen (secondary N) is 1. The Kier molecular flexibility index (Phi) is 2.92. The second-order valence-electron chi connectivity index (χ2n) is 4.73. The van der Waals surface area contributed by atoms with E-state index in [4.69, 9.17) is 5.73 Å². The molecule has 1 amide bonds. The lowest BCUT2D eigenvalue weighted by Gasteiger charge is -2.23. The van der Waals surface area contributed by atoms with Crippen molar-refractivity contribution in [1.82, 2.24) is 10.3 Å². The summed E-state index contributed by atoms with van der Waals surface area (Å²) in [7, 11) is 1.68. The predicted molar refractivity (Wildman–Crippen MR) is 67.7 cm³/mol. The van der Waals surface area contributed by atoms with Crippen LogP contribution < -0.4 is 16.0 Å². The molecule has 2 rings (SSSR count). The van der Waals surface area contributed by atoms with E-state index in [-0.39, 0.29) is 11.3 Å². The normalized spacial score (nSPS) is 23.8. The Morgan fingerprint density at radius 3 is 3.00 bits per heavy atom. The van der Waals surface area contributed by atoms with Gasteiger partial charge >= 0.3 is 0 Å². The van der Waals surface area contributed by atoms with Gasteiger partial charge in [0, 0.05) is 20.1 Å². The van der Waals surface area contributed by atoms with Crippen LogP contribution in [0.15, 0.2) is 18.2 Å². The van der Waals surface area contributed by atoms with Crippen molar-refractivity contribution in [2.75, 3.05) is 30.8 Å². The van der Waals surface area contributed by atoms with E-state index >= 15 is 0 Å². The first-order chi connectivity index (χ1) is 8.05. The molecule has 0 aromatic carbocycles. The van der Waals surface area contributed by atoms with Crippen molar-refractivity contribution in [2.24, 2.45) is 5.41 Å². The Labute approximate surface area is 101 Å². The van der Waals surface area contributed by atoms with Gasteiger partial charge in [0.25, 0.3) is 0 Å². The van der Waals surface area contributed by atoms with E-state index in [2.05, 4.69) is 15.2 Å². The standard InChI is InChI=1S/C12H18N4O/c1-12(11(17)14-2)6-7-16(8-12)10-5-3-4-9(13)15-10/h3-5H,6-8H2,1-2H3,(H2,13,15)(H,14,17). The first-order valence-corrected chi connectivity index (χ1v) is 5.75. The summed E-state index contributed by atoms with van der Waals surface area (Å²) in [4.78, 5) is 18.2. The monoisotopic (exact) mass is 234 g/mol. The number of aromatic nitrogens is 1. The molecule has 1 atom stereocenters. The molecule has 1 saturated heterocycles. The van der Waals surface area contributed by atoms with E-state index in [1.54, 1.807) is 13.1 Å². The fraction of sp³-hybridized carbons (Fsp3) is 0.500. The average molecular weight is 234 g/mol. The molecule has 5 nitrogen and oxygen atoms in total. The highest BCUT2D eigenvalue weighted by molar-refractivity contribution is 5.83. The van der Waals surface area contributed by atoms with Gasteiger partial charge in [-0.2, -0.15) is 0 Å². The second kappa shape index (κ2) is 4.24. The van der Waals surface area contributed by atoms with Gasteiger partial charge in [0.15, 0.2) is 0 Å². The topological polar surface area (TPSA) is 71.2 Å². The fourth-order valence-corrected chi connectivity index (χ4v) is 2.26. The van der Waals surface area contributed by atoms with E-state index in [9.17, 15) is 4.79 Å². The third-order valence-electron chi connectivity index (χ3n) is 3.33. The molecule has 1 fully saturated rings. The predicted octanol–water partition coefficient (Wildman–Crippen LogP) is 0.626. The molecule has 1 aliphatic heterocycles. The minimum absolute atomic E-state index is 0.0869. The summed E-state index contributed by atoms with van der Waals surface area (Å²) in [6.07, 6.45) is 0.836. The zero-order valence-electron chi connectivity index (χ0n) is 10.2. The molecule has 0 spiro atoms. The first kappa shape index (κ1) is 11.7. The largest absolute Gasteiger partial charge is 0.384 e. The van der Waals surface area contributed by atoms with Crippen molar-refractivity contribution in [2.45, 2.75) is 13.3 Å². The number of nitrogens with zero attached hydrogens (tertiary/aromatic N) is 2. The molecule has 0 aliphatic carbocycles. The van der Waals surface area contributed by atoms with Gasteiger partial charge in [-0.25, -0.2) is 4.98 Å². The lowest BCUT2D eigenvalue weighted by Crippen LogP contribution is -2.39. The molecule has 1 aromatic heterocycles. The minimum Gasteiger partial charge on any atom is -0.384 e. The molecule has 1 unspecified atom stereocenters. The summed E-state index contributed by atoms with van der Waals surface area (Å²) in [6, 6.07) is 5.57. The van der Waals surface area contributed by atoms with Gasteiger partial charge in [-0.05, 0) is 25.5 Å². The van der Waals surface area contributed by atoms with Gasteiger partial charge in [0.1, 0.15) is 11.6 Å². The van der Waals surface area contributed by atoms with Gasteiger partial charge in [0.05, 0.1) is 5.41 Å². The van der Waals surface area contributed by atoms with Crippen LogP contribution in [0, 0.1) is 5.41 Å². The zero-order valence-corrected chi connectivity index (χ0v) is 10.2. The number of amides is 1. The van der Waals surface area contributed by atoms with Crippen molar-refractivity contribution in [3.8, 4) is 0 Å². The van der Waals surface area contributed by atoms with Crippen molar-refractivity contribution >= 4 is 17.5 Å². The van der Waals surface area contributed by atoms with Gasteiger partial charge in [0.2, 0.25) is 5.91 Å². The SMILES string of the molecule is CNC(=O)C1(C)CCN(c2cccc(N)n2)C1. The van der Waals surface area contributed by atoms with Crippen LogP contribution in [-0.2, 0) is 4.79 Å². The minimum atomic E-state index is -0.332. The average Bonchev–Trinajstić information content (AvgIpc) is 2.72. The molecule has 3 N–H and O–H groups in total. The first-order valence-electron chi connectivity index (χ1n) is 5.75. The fourth-order valence-electron chi connectivity index (χ4n) is 2.26. The van der Waals surface area contributed by atoms with E-state index in [0.29, 0.717) is 12.4 Å². The lowest BCUT2D eigenvalue weighted by atomic mass is 9.89. The molecule has 0 radical (unpaired) electrons. The Balaban J connectivity index is 2.15. The third kappa shape index (κ3) is 2.18. The Hall–Kier alpha value is -1.78. The highest BCUT2D eigenvalue weighted by Crippen LogP contribution is 2.32. The van der Waals surface area contributed by atoms with Crippen molar-refractivity contribution < 1.29 is 4.79 Å². The zero-order chi connectivity index (χ0) is 12.5. The molecule has 17 heavy (non-hydrogen) atoms. The molecule has 1 aliphatic rings. The second-order valence-corrected chi connectivity index (χ2v) is 4.73. The summed E-state index contributed by atoms with van der Waals surface area (Å²) >= 11 is 0. The number of pyridine rings is 1. The van der Waals surface area contributed by atoms with Gasteiger partial charge in [-0.3, -0.25) is 4.79 Å². The summed E-state index contributed by atoms with van der Waals surface area (Å²) < 4.78 is 0. The molecule has 5 heteroatoms. The Bertz CT molecular complexity index is 434. The molecular weight excluding hydrogens is 216 g/mol. The highest BCUT2D eigenvalue weighted by atomic mass is 16.2. The lowest BCUT2D eigenvalue weighted by molar-refractivity contribution is -0.128. The maximum Gasteiger partial charge on any atom is 0.227 e. The van der Waals surface area contributed by atoms with E-state index in [1.807, 2.05) is 19.1 Å². The van der Waals surface area contributed by atoms with Crippen LogP contribution in [0.3, 0.4) is 0 Å². The molecule has 2 heterocycles. The van der Waals surface area contributed by atoms with Crippen LogP contribution in [0.4, 0.5) is 11.6 Å². The van der Waals surface area contributed by atoms with Crippen LogP contribution >= 0.6 is 0 Å². The van der Waals surface area contributed by atoms with Crippen molar-refractivity contribution in [3.05, 3.63) is 18.2 Å². The highest BCUT2D eigenvalue weighted by Gasteiger charge is 2.40. The third-order valence-corrected chi connectivity index (χ3v) is 3.33. The van der Waals surface area contributed by atoms with E-state index < -0.39 is 0 Å². The number of hydrogen-bond donors (Lipinski definition) is 2. The van der Waals surface area contributed by atoms with Crippen LogP contribution in [0.25, 0.3) is 0 Å². The maximum absolute atomic E-state index is 11.8. The maximum atomic E-state index is 11.8. The van der Waals surface area contributed by atoms with E-state index in [0.717, 1.165) is 18.8 Å². The van der Waals surface area contributed by atoms with E-state index in [1.165, 1.54) is 0 Å². The van der Waals surface area contributed by atoms with Crippen LogP contribution in [-0.4, -0.2) is 31.0 Å². The summed E-state index contributed by atoms with van der Waals surface area (Å²) in [5.41, 5.74) is 5.33. The number of rotatable bonds is 2. The van der Waals surface area contributed by atoms with Gasteiger partial charge in [-0.15, -0.1) is 0 Å². The van der Waals surface area contributed by atoms with Crippen LogP contribution in [0.1, 0.15) is 13.3 Å². The molecule has 92 valence electrons. The number of nitrogens with two attached hydrogens (primary N) is 1. The van der Waals surface area contributed by atoms with Crippen molar-refractivity contribution in [3.63, 3.8) is 0 Å². The number of nitrogen functional groups attached to an aromatic ring is 1. The summed E-state index contributed by atoms with van der Waals surface area (Å²) in [6.45, 7) is 3.50. The number of carbonyl (C=O) groups is 1. The van der Waals surface area contributed by atoms with Gasteiger partial charge < -0.3 is 16.0 Å². The summed E-state index contributed by atoms with van der Waals surface area (Å²) in [5.74, 6) is 1.44. The number of hydrogen-bond acceptors (Lipinski definition) is 4. The van der Waals surface area contributed by atoms with Gasteiger partial charge in [-0.1, -0.05) is 6.07 Å². The number of carbonyl (C=O) groups excluding carboxylic acids is 1. The summed E-state index contributed by atoms with van der Waals surface area (Å²) in [5, 5.41) is 2.72. The molecule has 0 saturated carbocycles. The van der Waals surface area contributed by atoms with Crippen LogP contribution in [0.5, 0.6) is 0 Å². The Morgan fingerprint density at radius 1 is 1.59 bits per heavy atom. The van der Waals surface area contributed by atoms with Crippen molar-refractivity contribution in [1.29, 1.82) is 0 Å². The van der Waals surface area contributed by atoms with Crippen LogP contribution in [0.2, 0.25) is 0 Å². The Morgan fingerprint density at radius 2 is 2.35 bits per heavy atom. The number of anilines is 2. The molecule has 0 bridgehead atoms. The smallest absolute Gasteiger partial charge is 0.227 e. The molecular formula is C12H18N4O.